The van der Waals surface area contributed by atoms with Crippen LogP contribution in [-0.2, 0) is 5.54 Å². The Morgan fingerprint density at radius 2 is 2.05 bits per heavy atom. The van der Waals surface area contributed by atoms with Crippen LogP contribution in [0.25, 0.3) is 0 Å². The van der Waals surface area contributed by atoms with Crippen molar-refractivity contribution >= 4 is 5.91 Å². The molecule has 0 aliphatic heterocycles. The average molecular weight is 256 g/mol. The summed E-state index contributed by atoms with van der Waals surface area (Å²) in [6, 6.07) is 11.4. The number of rotatable bonds is 4. The maximum absolute atomic E-state index is 12.2. The highest BCUT2D eigenvalue weighted by atomic mass is 16.5. The summed E-state index contributed by atoms with van der Waals surface area (Å²) in [5, 5.41) is 3.11. The lowest BCUT2D eigenvalue weighted by molar-refractivity contribution is 0.0926. The van der Waals surface area contributed by atoms with Crippen molar-refractivity contribution in [3.8, 4) is 5.75 Å². The van der Waals surface area contributed by atoms with E-state index >= 15 is 0 Å². The van der Waals surface area contributed by atoms with Crippen LogP contribution in [0.1, 0.15) is 28.9 Å². The largest absolute Gasteiger partial charge is 0.496 e. The van der Waals surface area contributed by atoms with Crippen molar-refractivity contribution in [2.24, 2.45) is 0 Å². The molecule has 0 spiro atoms. The molecule has 1 saturated carbocycles. The molecule has 0 atom stereocenters. The Kier molecular flexibility index (Phi) is 2.78. The monoisotopic (exact) mass is 256 g/mol. The number of H-pyrrole nitrogens is 1. The number of carbonyl (C=O) groups excluding carboxylic acids is 1. The number of nitrogens with one attached hydrogen (secondary N) is 2. The summed E-state index contributed by atoms with van der Waals surface area (Å²) in [5.41, 5.74) is 1.37. The van der Waals surface area contributed by atoms with Crippen LogP contribution in [0.15, 0.2) is 42.6 Å². The van der Waals surface area contributed by atoms with Crippen molar-refractivity contribution in [1.82, 2.24) is 10.3 Å². The van der Waals surface area contributed by atoms with Gasteiger partial charge in [0.2, 0.25) is 0 Å². The van der Waals surface area contributed by atoms with E-state index in [2.05, 4.69) is 10.3 Å². The summed E-state index contributed by atoms with van der Waals surface area (Å²) < 4.78 is 5.38. The third kappa shape index (κ3) is 2.10. The van der Waals surface area contributed by atoms with Gasteiger partial charge in [-0.2, -0.15) is 0 Å². The second-order valence-electron chi connectivity index (χ2n) is 4.82. The highest BCUT2D eigenvalue weighted by Crippen LogP contribution is 2.48. The molecule has 3 rings (SSSR count). The van der Waals surface area contributed by atoms with Crippen LogP contribution in [0.5, 0.6) is 5.75 Å². The molecule has 4 heteroatoms. The van der Waals surface area contributed by atoms with E-state index in [0.29, 0.717) is 5.69 Å². The van der Waals surface area contributed by atoms with Crippen molar-refractivity contribution < 1.29 is 9.53 Å². The van der Waals surface area contributed by atoms with Gasteiger partial charge in [-0.05, 0) is 31.0 Å². The lowest BCUT2D eigenvalue weighted by atomic mass is 10.0. The highest BCUT2D eigenvalue weighted by molar-refractivity contribution is 5.93. The minimum atomic E-state index is -0.269. The number of carbonyl (C=O) groups is 1. The molecule has 0 radical (unpaired) electrons. The summed E-state index contributed by atoms with van der Waals surface area (Å²) in [6.07, 6.45) is 3.64. The molecule has 1 fully saturated rings. The third-order valence-electron chi connectivity index (χ3n) is 3.57. The normalized spacial score (nSPS) is 15.8. The van der Waals surface area contributed by atoms with E-state index in [4.69, 9.17) is 4.74 Å². The van der Waals surface area contributed by atoms with Crippen molar-refractivity contribution in [3.63, 3.8) is 0 Å². The number of para-hydroxylation sites is 1. The molecule has 98 valence electrons. The Hall–Kier alpha value is -2.23. The molecule has 2 N–H and O–H groups in total. The molecule has 1 aromatic heterocycles. The SMILES string of the molecule is COc1ccccc1C1(NC(=O)c2ccc[nH]2)CC1. The molecule has 1 heterocycles. The van der Waals surface area contributed by atoms with Crippen LogP contribution in [0, 0.1) is 0 Å². The van der Waals surface area contributed by atoms with Crippen molar-refractivity contribution in [2.45, 2.75) is 18.4 Å². The molecule has 4 nitrogen and oxygen atoms in total. The van der Waals surface area contributed by atoms with Crippen LogP contribution in [-0.4, -0.2) is 18.0 Å². The summed E-state index contributed by atoms with van der Waals surface area (Å²) in [5.74, 6) is 0.750. The summed E-state index contributed by atoms with van der Waals surface area (Å²) in [4.78, 5) is 15.1. The van der Waals surface area contributed by atoms with Crippen molar-refractivity contribution in [1.29, 1.82) is 0 Å². The number of benzene rings is 1. The predicted molar refractivity (Wildman–Crippen MR) is 72.2 cm³/mol. The van der Waals surface area contributed by atoms with Crippen LogP contribution in [0.3, 0.4) is 0 Å². The van der Waals surface area contributed by atoms with E-state index in [9.17, 15) is 4.79 Å². The first-order chi connectivity index (χ1) is 9.25. The standard InChI is InChI=1S/C15H16N2O2/c1-19-13-7-3-2-5-11(13)15(8-9-15)17-14(18)12-6-4-10-16-12/h2-7,10,16H,8-9H2,1H3,(H,17,18). The Balaban J connectivity index is 1.86. The quantitative estimate of drug-likeness (QED) is 0.882. The van der Waals surface area contributed by atoms with E-state index in [-0.39, 0.29) is 11.4 Å². The van der Waals surface area contributed by atoms with Gasteiger partial charge in [0.25, 0.3) is 5.91 Å². The fourth-order valence-electron chi connectivity index (χ4n) is 2.38. The number of methoxy groups -OCH3 is 1. The molecule has 1 amide bonds. The van der Waals surface area contributed by atoms with Gasteiger partial charge < -0.3 is 15.0 Å². The lowest BCUT2D eigenvalue weighted by Gasteiger charge is -2.20. The van der Waals surface area contributed by atoms with Gasteiger partial charge in [-0.15, -0.1) is 0 Å². The summed E-state index contributed by atoms with van der Waals surface area (Å²) in [6.45, 7) is 0. The van der Waals surface area contributed by atoms with Gasteiger partial charge >= 0.3 is 0 Å². The second-order valence-corrected chi connectivity index (χ2v) is 4.82. The minimum absolute atomic E-state index is 0.0755. The van der Waals surface area contributed by atoms with Gasteiger partial charge in [0.15, 0.2) is 0 Å². The van der Waals surface area contributed by atoms with E-state index in [1.807, 2.05) is 30.3 Å². The second kappa shape index (κ2) is 4.46. The lowest BCUT2D eigenvalue weighted by Crippen LogP contribution is -2.35. The molecule has 1 aliphatic carbocycles. The fraction of sp³-hybridized carbons (Fsp3) is 0.267. The molecular weight excluding hydrogens is 240 g/mol. The highest BCUT2D eigenvalue weighted by Gasteiger charge is 2.47. The maximum atomic E-state index is 12.2. The average Bonchev–Trinajstić information content (AvgIpc) is 3.01. The summed E-state index contributed by atoms with van der Waals surface area (Å²) in [7, 11) is 1.65. The molecule has 1 aliphatic rings. The molecular formula is C15H16N2O2. The Bertz CT molecular complexity index is 586. The summed E-state index contributed by atoms with van der Waals surface area (Å²) >= 11 is 0. The van der Waals surface area contributed by atoms with Crippen molar-refractivity contribution in [3.05, 3.63) is 53.9 Å². The van der Waals surface area contributed by atoms with Crippen LogP contribution < -0.4 is 10.1 Å². The van der Waals surface area contributed by atoms with E-state index < -0.39 is 0 Å². The van der Waals surface area contributed by atoms with Crippen LogP contribution in [0.4, 0.5) is 0 Å². The maximum Gasteiger partial charge on any atom is 0.268 e. The number of aromatic nitrogens is 1. The van der Waals surface area contributed by atoms with Crippen LogP contribution in [0.2, 0.25) is 0 Å². The first-order valence-electron chi connectivity index (χ1n) is 6.34. The number of hydrogen-bond donors (Lipinski definition) is 2. The molecule has 19 heavy (non-hydrogen) atoms. The van der Waals surface area contributed by atoms with Gasteiger partial charge in [0.05, 0.1) is 12.6 Å². The molecule has 2 aromatic rings. The van der Waals surface area contributed by atoms with Gasteiger partial charge in [-0.3, -0.25) is 4.79 Å². The number of amides is 1. The van der Waals surface area contributed by atoms with E-state index in [1.54, 1.807) is 19.4 Å². The first-order valence-corrected chi connectivity index (χ1v) is 6.34. The predicted octanol–water partition coefficient (Wildman–Crippen LogP) is 2.44. The zero-order chi connectivity index (χ0) is 13.3. The fourth-order valence-corrected chi connectivity index (χ4v) is 2.38. The third-order valence-corrected chi connectivity index (χ3v) is 3.57. The van der Waals surface area contributed by atoms with Gasteiger partial charge in [-0.25, -0.2) is 0 Å². The topological polar surface area (TPSA) is 54.1 Å². The smallest absolute Gasteiger partial charge is 0.268 e. The Morgan fingerprint density at radius 3 is 2.68 bits per heavy atom. The van der Waals surface area contributed by atoms with E-state index in [1.165, 1.54) is 0 Å². The van der Waals surface area contributed by atoms with Gasteiger partial charge in [0, 0.05) is 11.8 Å². The molecule has 1 aromatic carbocycles. The molecule has 0 saturated heterocycles. The van der Waals surface area contributed by atoms with Crippen molar-refractivity contribution in [2.75, 3.05) is 7.11 Å². The van der Waals surface area contributed by atoms with E-state index in [0.717, 1.165) is 24.2 Å². The molecule has 0 unspecified atom stereocenters. The van der Waals surface area contributed by atoms with Gasteiger partial charge in [0.1, 0.15) is 11.4 Å². The number of hydrogen-bond acceptors (Lipinski definition) is 2. The van der Waals surface area contributed by atoms with Crippen LogP contribution >= 0.6 is 0 Å². The number of aromatic amines is 1. The van der Waals surface area contributed by atoms with Gasteiger partial charge in [-0.1, -0.05) is 18.2 Å². The Morgan fingerprint density at radius 1 is 1.26 bits per heavy atom. The molecule has 0 bridgehead atoms. The zero-order valence-electron chi connectivity index (χ0n) is 10.8. The first kappa shape index (κ1) is 11.8. The number of ether oxygens (including phenoxy) is 1. The Labute approximate surface area is 111 Å². The zero-order valence-corrected chi connectivity index (χ0v) is 10.8. The minimum Gasteiger partial charge on any atom is -0.496 e.